The van der Waals surface area contributed by atoms with Gasteiger partial charge in [-0.05, 0) is 6.42 Å². The number of hydrogen-bond donors (Lipinski definition) is 1. The number of rotatable bonds is 5. The van der Waals surface area contributed by atoms with Crippen LogP contribution in [0.4, 0.5) is 0 Å². The second kappa shape index (κ2) is 7.66. The van der Waals surface area contributed by atoms with Crippen LogP contribution in [0.25, 0.3) is 0 Å². The van der Waals surface area contributed by atoms with Crippen molar-refractivity contribution in [3.8, 4) is 0 Å². The van der Waals surface area contributed by atoms with Gasteiger partial charge in [-0.25, -0.2) is 0 Å². The molecule has 2 unspecified atom stereocenters. The van der Waals surface area contributed by atoms with Gasteiger partial charge in [0.2, 0.25) is 0 Å². The predicted molar refractivity (Wildman–Crippen MR) is 44.3 cm³/mol. The average Bonchev–Trinajstić information content (AvgIpc) is 1.88. The molecule has 0 aliphatic carbocycles. The average molecular weight is 153 g/mol. The third kappa shape index (κ3) is 6.66. The van der Waals surface area contributed by atoms with E-state index in [1.54, 1.807) is 10.8 Å². The van der Waals surface area contributed by atoms with E-state index in [1.165, 1.54) is 10.8 Å². The minimum Gasteiger partial charge on any atom is -0.330 e. The monoisotopic (exact) mass is 153 g/mol. The largest absolute Gasteiger partial charge is 0.330 e. The summed E-state index contributed by atoms with van der Waals surface area (Å²) in [6.45, 7) is 1.32. The first-order chi connectivity index (χ1) is 4.68. The summed E-state index contributed by atoms with van der Waals surface area (Å²) in [4.78, 5) is 0. The summed E-state index contributed by atoms with van der Waals surface area (Å²) >= 11 is 0. The van der Waals surface area contributed by atoms with Crippen molar-refractivity contribution >= 4 is 21.6 Å². The van der Waals surface area contributed by atoms with E-state index in [-0.39, 0.29) is 0 Å². The van der Waals surface area contributed by atoms with Gasteiger partial charge in [0.1, 0.15) is 0 Å². The molecule has 0 aliphatic rings. The lowest BCUT2D eigenvalue weighted by molar-refractivity contribution is 1.11. The fourth-order valence-electron chi connectivity index (χ4n) is 0.203. The Morgan fingerprint density at radius 2 is 2.38 bits per heavy atom. The van der Waals surface area contributed by atoms with Crippen molar-refractivity contribution in [2.75, 3.05) is 18.0 Å². The maximum absolute atomic E-state index is 7.23. The molecular weight excluding hydrogens is 138 g/mol. The smallest absolute Gasteiger partial charge is 0.0434 e. The molecule has 0 rings (SSSR count). The Bertz CT molecular complexity index is 82.0. The van der Waals surface area contributed by atoms with Gasteiger partial charge in [-0.3, -0.25) is 0 Å². The maximum Gasteiger partial charge on any atom is 0.0434 e. The molecule has 2 atom stereocenters. The van der Waals surface area contributed by atoms with Crippen LogP contribution in [0.3, 0.4) is 0 Å². The fraction of sp³-hybridized carbons (Fsp3) is 1.00. The molecule has 0 aromatic heterocycles. The Hall–Kier alpha value is 0.660. The zero-order valence-corrected chi connectivity index (χ0v) is 6.60. The highest BCUT2D eigenvalue weighted by atomic mass is 33.1. The Labute approximate surface area is 62.0 Å². The second-order valence-corrected chi connectivity index (χ2v) is 3.64. The molecule has 0 radical (unpaired) electrons. The van der Waals surface area contributed by atoms with Crippen LogP contribution in [0.15, 0.2) is 0 Å². The third-order valence-electron chi connectivity index (χ3n) is 0.490. The van der Waals surface area contributed by atoms with Gasteiger partial charge in [-0.1, -0.05) is 28.5 Å². The van der Waals surface area contributed by atoms with Gasteiger partial charge in [-0.15, -0.1) is 0 Å². The topological polar surface area (TPSA) is 26.0 Å². The van der Waals surface area contributed by atoms with Crippen LogP contribution in [-0.4, -0.2) is 18.0 Å². The highest BCUT2D eigenvalue weighted by Gasteiger charge is 1.83. The maximum atomic E-state index is 7.23. The molecule has 2 N–H and O–H groups in total. The number of hydrogen-bond acceptors (Lipinski definition) is 3. The zero-order chi connectivity index (χ0) is 7.98. The Balaban J connectivity index is 3.13. The molecule has 0 aromatic rings. The number of nitrogens with two attached hydrogens (primary N) is 1. The van der Waals surface area contributed by atoms with Gasteiger partial charge in [0, 0.05) is 20.7 Å². The van der Waals surface area contributed by atoms with Crippen LogP contribution in [0.2, 0.25) is 0 Å². The van der Waals surface area contributed by atoms with Gasteiger partial charge in [0.15, 0.2) is 0 Å². The van der Waals surface area contributed by atoms with Crippen molar-refractivity contribution in [3.05, 3.63) is 0 Å². The molecule has 0 heterocycles. The van der Waals surface area contributed by atoms with Crippen LogP contribution >= 0.6 is 21.6 Å². The Kier molecular flexibility index (Phi) is 5.21. The van der Waals surface area contributed by atoms with E-state index >= 15 is 0 Å². The van der Waals surface area contributed by atoms with Crippen molar-refractivity contribution in [1.29, 1.82) is 0 Å². The molecule has 50 valence electrons. The Morgan fingerprint density at radius 3 is 2.88 bits per heavy atom. The molecule has 0 fully saturated rings. The highest BCUT2D eigenvalue weighted by molar-refractivity contribution is 8.76. The normalized spacial score (nSPS) is 21.2. The quantitative estimate of drug-likeness (QED) is 0.481. The molecule has 0 amide bonds. The van der Waals surface area contributed by atoms with Crippen LogP contribution in [-0.2, 0) is 0 Å². The third-order valence-corrected chi connectivity index (χ3v) is 2.71. The van der Waals surface area contributed by atoms with E-state index in [2.05, 4.69) is 6.92 Å². The molecule has 0 spiro atoms. The van der Waals surface area contributed by atoms with E-state index in [4.69, 9.17) is 8.48 Å². The highest BCUT2D eigenvalue weighted by Crippen LogP contribution is 2.20. The summed E-state index contributed by atoms with van der Waals surface area (Å²) in [7, 11) is 3.00. The van der Waals surface area contributed by atoms with E-state index in [1.807, 2.05) is 0 Å². The molecular formula is C5H13NS2. The van der Waals surface area contributed by atoms with Gasteiger partial charge < -0.3 is 5.73 Å². The summed E-state index contributed by atoms with van der Waals surface area (Å²) in [5, 5.41) is 0. The molecule has 8 heavy (non-hydrogen) atoms. The first-order valence-electron chi connectivity index (χ1n) is 3.72. The van der Waals surface area contributed by atoms with Crippen LogP contribution in [0.1, 0.15) is 16.1 Å². The zero-order valence-electron chi connectivity index (χ0n) is 6.96. The molecule has 0 aromatic carbocycles. The molecule has 3 heteroatoms. The molecule has 0 saturated heterocycles. The minimum atomic E-state index is -0.769. The SMILES string of the molecule is [2H]C(N)C([2H])SSCCC. The molecule has 0 saturated carbocycles. The van der Waals surface area contributed by atoms with Crippen LogP contribution < -0.4 is 5.73 Å². The van der Waals surface area contributed by atoms with Gasteiger partial charge in [-0.2, -0.15) is 0 Å². The van der Waals surface area contributed by atoms with E-state index < -0.39 is 12.2 Å². The van der Waals surface area contributed by atoms with Gasteiger partial charge in [0.05, 0.1) is 0 Å². The van der Waals surface area contributed by atoms with Gasteiger partial charge in [0.25, 0.3) is 0 Å². The summed E-state index contributed by atoms with van der Waals surface area (Å²) in [5.41, 5.74) is 4.66. The summed E-state index contributed by atoms with van der Waals surface area (Å²) in [6.07, 6.45) is 1.11. The minimum absolute atomic E-state index is 0.503. The Morgan fingerprint density at radius 1 is 1.62 bits per heavy atom. The lowest BCUT2D eigenvalue weighted by Gasteiger charge is -1.93. The van der Waals surface area contributed by atoms with Crippen molar-refractivity contribution in [3.63, 3.8) is 0 Å². The predicted octanol–water partition coefficient (Wildman–Crippen LogP) is 1.74. The first kappa shape index (κ1) is 5.45. The summed E-state index contributed by atoms with van der Waals surface area (Å²) in [5.74, 6) is 1.03. The van der Waals surface area contributed by atoms with E-state index in [0.29, 0.717) is 0 Å². The van der Waals surface area contributed by atoms with E-state index in [9.17, 15) is 0 Å². The van der Waals surface area contributed by atoms with Gasteiger partial charge >= 0.3 is 0 Å². The fourth-order valence-corrected chi connectivity index (χ4v) is 1.83. The second-order valence-electron chi connectivity index (χ2n) is 1.25. The lowest BCUT2D eigenvalue weighted by atomic mass is 10.6. The molecule has 0 bridgehead atoms. The first-order valence-corrected chi connectivity index (χ1v) is 4.95. The van der Waals surface area contributed by atoms with Crippen molar-refractivity contribution in [1.82, 2.24) is 0 Å². The van der Waals surface area contributed by atoms with Crippen molar-refractivity contribution in [2.45, 2.75) is 13.3 Å². The van der Waals surface area contributed by atoms with Crippen molar-refractivity contribution < 1.29 is 2.74 Å². The standard InChI is InChI=1S/C5H13NS2/c1-2-4-7-8-5-3-6/h2-6H2,1H3/i3D,5D. The summed E-state index contributed by atoms with van der Waals surface area (Å²) in [6, 6.07) is 0. The van der Waals surface area contributed by atoms with Crippen molar-refractivity contribution in [2.24, 2.45) is 5.73 Å². The summed E-state index contributed by atoms with van der Waals surface area (Å²) < 4.78 is 14.2. The molecule has 1 nitrogen and oxygen atoms in total. The van der Waals surface area contributed by atoms with E-state index in [0.717, 1.165) is 12.2 Å². The molecule has 0 aliphatic heterocycles. The van der Waals surface area contributed by atoms with Crippen LogP contribution in [0.5, 0.6) is 0 Å². The lowest BCUT2D eigenvalue weighted by Crippen LogP contribution is -1.99. The van der Waals surface area contributed by atoms with Crippen LogP contribution in [0, 0.1) is 0 Å².